The zero-order valence-corrected chi connectivity index (χ0v) is 24.5. The second-order valence-corrected chi connectivity index (χ2v) is 13.5. The van der Waals surface area contributed by atoms with Gasteiger partial charge in [0.2, 0.25) is 5.91 Å². The number of rotatable bonds is 14. The molecular weight excluding hydrogens is 528 g/mol. The Labute approximate surface area is 240 Å². The molecule has 1 unspecified atom stereocenters. The van der Waals surface area contributed by atoms with Crippen LogP contribution in [0.5, 0.6) is 0 Å². The van der Waals surface area contributed by atoms with Gasteiger partial charge in [0.25, 0.3) is 0 Å². The highest BCUT2D eigenvalue weighted by Crippen LogP contribution is 2.48. The fourth-order valence-electron chi connectivity index (χ4n) is 5.30. The van der Waals surface area contributed by atoms with Crippen LogP contribution in [-0.4, -0.2) is 75.2 Å². The molecule has 1 heterocycles. The van der Waals surface area contributed by atoms with Crippen molar-refractivity contribution in [1.82, 2.24) is 5.32 Å². The number of carbonyl (C=O) groups excluding carboxylic acids is 1. The molecule has 8 nitrogen and oxygen atoms in total. The van der Waals surface area contributed by atoms with E-state index in [4.69, 9.17) is 10.8 Å². The van der Waals surface area contributed by atoms with Crippen molar-refractivity contribution in [3.05, 3.63) is 70.3 Å². The van der Waals surface area contributed by atoms with E-state index in [9.17, 15) is 24.9 Å². The Bertz CT molecular complexity index is 1110. The summed E-state index contributed by atoms with van der Waals surface area (Å²) in [5.41, 5.74) is 11.3. The standard InChI is InChI=1S/C31H46N2O6S/c1-20-10-15-23(30-29(37)28(36)26(34)19-40(30)2)18-24(20)17-22-13-11-21(12-14-22)7-3-4-9-27(35)33-16-6-5-8-25(32)31(38)39/h10-15,18,25-26,28-30,34,36-37,40H,3-9,16-17,19,32H2,1-2H3,(H,33,35)(H,38,39)/t25-,26+,28+,29+,30-/m0/s1. The smallest absolute Gasteiger partial charge is 0.320 e. The minimum atomic E-state index is -1.11. The molecule has 1 saturated heterocycles. The zero-order valence-electron chi connectivity index (χ0n) is 23.6. The van der Waals surface area contributed by atoms with E-state index in [0.717, 1.165) is 37.7 Å². The number of carbonyl (C=O) groups is 2. The van der Waals surface area contributed by atoms with Crippen molar-refractivity contribution in [2.24, 2.45) is 5.73 Å². The molecule has 3 rings (SSSR count). The number of aryl methyl sites for hydroxylation is 2. The fraction of sp³-hybridized carbons (Fsp3) is 0.548. The first-order chi connectivity index (χ1) is 19.1. The van der Waals surface area contributed by atoms with Crippen LogP contribution in [-0.2, 0) is 22.4 Å². The van der Waals surface area contributed by atoms with Gasteiger partial charge in [-0.15, -0.1) is 0 Å². The number of aliphatic hydroxyl groups excluding tert-OH is 3. The first-order valence-corrected chi connectivity index (χ1v) is 16.3. The van der Waals surface area contributed by atoms with Crippen molar-refractivity contribution < 1.29 is 30.0 Å². The van der Waals surface area contributed by atoms with Crippen LogP contribution in [0.3, 0.4) is 0 Å². The Balaban J connectivity index is 1.42. The largest absolute Gasteiger partial charge is 0.480 e. The highest BCUT2D eigenvalue weighted by atomic mass is 32.2. The zero-order chi connectivity index (χ0) is 29.2. The molecule has 0 saturated carbocycles. The van der Waals surface area contributed by atoms with Gasteiger partial charge in [-0.25, -0.2) is 10.9 Å². The average Bonchev–Trinajstić information content (AvgIpc) is 2.92. The van der Waals surface area contributed by atoms with Gasteiger partial charge in [0, 0.05) is 24.0 Å². The van der Waals surface area contributed by atoms with Gasteiger partial charge in [-0.1, -0.05) is 42.5 Å². The van der Waals surface area contributed by atoms with Crippen LogP contribution < -0.4 is 11.1 Å². The molecule has 1 fully saturated rings. The van der Waals surface area contributed by atoms with Crippen molar-refractivity contribution in [3.8, 4) is 0 Å². The summed E-state index contributed by atoms with van der Waals surface area (Å²) < 4.78 is 0. The van der Waals surface area contributed by atoms with Crippen molar-refractivity contribution in [3.63, 3.8) is 0 Å². The summed E-state index contributed by atoms with van der Waals surface area (Å²) in [4.78, 5) is 22.7. The minimum Gasteiger partial charge on any atom is -0.480 e. The molecule has 0 bridgehead atoms. The Morgan fingerprint density at radius 2 is 1.70 bits per heavy atom. The monoisotopic (exact) mass is 574 g/mol. The van der Waals surface area contributed by atoms with Crippen molar-refractivity contribution in [1.29, 1.82) is 0 Å². The van der Waals surface area contributed by atoms with Gasteiger partial charge >= 0.3 is 5.97 Å². The predicted molar refractivity (Wildman–Crippen MR) is 161 cm³/mol. The number of unbranched alkanes of at least 4 members (excludes halogenated alkanes) is 2. The molecule has 6 atom stereocenters. The van der Waals surface area contributed by atoms with Crippen LogP contribution in [0.25, 0.3) is 0 Å². The Hall–Kier alpha value is -2.43. The topological polar surface area (TPSA) is 153 Å². The number of thiol groups is 1. The number of nitrogens with two attached hydrogens (primary N) is 1. The first kappa shape index (κ1) is 32.1. The molecule has 0 aliphatic carbocycles. The Morgan fingerprint density at radius 3 is 2.40 bits per heavy atom. The van der Waals surface area contributed by atoms with Crippen LogP contribution in [0.15, 0.2) is 42.5 Å². The Kier molecular flexibility index (Phi) is 12.5. The molecule has 1 amide bonds. The normalized spacial score (nSPS) is 24.4. The molecule has 7 N–H and O–H groups in total. The Morgan fingerprint density at radius 1 is 1.00 bits per heavy atom. The molecular formula is C31H46N2O6S. The maximum Gasteiger partial charge on any atom is 0.320 e. The molecule has 0 spiro atoms. The number of hydrogen-bond donors (Lipinski definition) is 7. The second-order valence-electron chi connectivity index (χ2n) is 11.1. The molecule has 2 aromatic carbocycles. The van der Waals surface area contributed by atoms with Crippen molar-refractivity contribution >= 4 is 22.8 Å². The lowest BCUT2D eigenvalue weighted by Gasteiger charge is -2.42. The van der Waals surface area contributed by atoms with Crippen LogP contribution in [0, 0.1) is 6.92 Å². The molecule has 2 aromatic rings. The summed E-state index contributed by atoms with van der Waals surface area (Å²) in [6.45, 7) is 2.63. The van der Waals surface area contributed by atoms with Crippen LogP contribution in [0.4, 0.5) is 0 Å². The number of amides is 1. The second kappa shape index (κ2) is 15.5. The highest BCUT2D eigenvalue weighted by molar-refractivity contribution is 8.16. The van der Waals surface area contributed by atoms with E-state index in [1.807, 2.05) is 6.07 Å². The summed E-state index contributed by atoms with van der Waals surface area (Å²) in [7, 11) is -0.651. The molecule has 1 aliphatic rings. The van der Waals surface area contributed by atoms with Crippen molar-refractivity contribution in [2.45, 2.75) is 87.9 Å². The van der Waals surface area contributed by atoms with E-state index in [-0.39, 0.29) is 11.2 Å². The fourth-order valence-corrected chi connectivity index (χ4v) is 7.70. The van der Waals surface area contributed by atoms with Gasteiger partial charge in [0.15, 0.2) is 0 Å². The van der Waals surface area contributed by atoms with Gasteiger partial charge in [-0.2, -0.15) is 0 Å². The number of carboxylic acid groups (broad SMARTS) is 1. The number of nitrogens with one attached hydrogen (secondary N) is 1. The van der Waals surface area contributed by atoms with E-state index in [1.54, 1.807) is 0 Å². The van der Waals surface area contributed by atoms with Gasteiger partial charge < -0.3 is 31.5 Å². The van der Waals surface area contributed by atoms with E-state index in [1.165, 1.54) is 22.3 Å². The number of hydrogen-bond acceptors (Lipinski definition) is 6. The van der Waals surface area contributed by atoms with E-state index >= 15 is 0 Å². The van der Waals surface area contributed by atoms with E-state index in [2.05, 4.69) is 54.9 Å². The third kappa shape index (κ3) is 9.31. The summed E-state index contributed by atoms with van der Waals surface area (Å²) in [5, 5.41) is 42.5. The molecule has 40 heavy (non-hydrogen) atoms. The molecule has 9 heteroatoms. The number of carboxylic acids is 1. The molecule has 0 radical (unpaired) electrons. The van der Waals surface area contributed by atoms with Crippen LogP contribution >= 0.6 is 10.9 Å². The third-order valence-electron chi connectivity index (χ3n) is 7.85. The van der Waals surface area contributed by atoms with E-state index < -0.39 is 41.2 Å². The quantitative estimate of drug-likeness (QED) is 0.135. The lowest BCUT2D eigenvalue weighted by atomic mass is 9.93. The predicted octanol–water partition coefficient (Wildman–Crippen LogP) is 2.77. The number of aliphatic hydroxyl groups is 3. The number of aliphatic carboxylic acids is 1. The first-order valence-electron chi connectivity index (χ1n) is 14.2. The SMILES string of the molecule is Cc1ccc([C@H]2[C@H](O)[C@H](O)[C@H](O)C[SH]2C)cc1Cc1ccc(CCCCC(=O)NCCCC[C@H](N)C(=O)O)cc1. The maximum absolute atomic E-state index is 12.0. The van der Waals surface area contributed by atoms with Gasteiger partial charge in [0.1, 0.15) is 12.1 Å². The summed E-state index contributed by atoms with van der Waals surface area (Å²) >= 11 is 0. The third-order valence-corrected chi connectivity index (χ3v) is 10.4. The maximum atomic E-state index is 12.0. The van der Waals surface area contributed by atoms with Crippen LogP contribution in [0.2, 0.25) is 0 Å². The summed E-state index contributed by atoms with van der Waals surface area (Å²) in [6.07, 6.45) is 4.84. The van der Waals surface area contributed by atoms with Gasteiger partial charge in [-0.05, 0) is 85.9 Å². The minimum absolute atomic E-state index is 0.0255. The lowest BCUT2D eigenvalue weighted by Crippen LogP contribution is -2.47. The lowest BCUT2D eigenvalue weighted by molar-refractivity contribution is -0.138. The number of benzene rings is 2. The highest BCUT2D eigenvalue weighted by Gasteiger charge is 2.40. The van der Waals surface area contributed by atoms with Crippen LogP contribution in [0.1, 0.15) is 71.6 Å². The molecule has 222 valence electrons. The summed E-state index contributed by atoms with van der Waals surface area (Å²) in [5.74, 6) is -0.438. The molecule has 0 aromatic heterocycles. The van der Waals surface area contributed by atoms with Gasteiger partial charge in [0.05, 0.1) is 12.2 Å². The molecule has 1 aliphatic heterocycles. The van der Waals surface area contributed by atoms with E-state index in [0.29, 0.717) is 31.6 Å². The summed E-state index contributed by atoms with van der Waals surface area (Å²) in [6, 6.07) is 14.0. The van der Waals surface area contributed by atoms with Gasteiger partial charge in [-0.3, -0.25) is 9.59 Å². The average molecular weight is 575 g/mol. The van der Waals surface area contributed by atoms with Crippen molar-refractivity contribution in [2.75, 3.05) is 18.6 Å².